The van der Waals surface area contributed by atoms with Crippen LogP contribution < -0.4 is 4.74 Å². The molecule has 0 amide bonds. The number of benzene rings is 1. The van der Waals surface area contributed by atoms with Crippen LogP contribution in [0.1, 0.15) is 5.56 Å². The molecule has 1 aromatic carbocycles. The predicted octanol–water partition coefficient (Wildman–Crippen LogP) is 2.65. The van der Waals surface area contributed by atoms with E-state index >= 15 is 0 Å². The minimum Gasteiger partial charge on any atom is -0.481 e. The van der Waals surface area contributed by atoms with Gasteiger partial charge in [0.1, 0.15) is 6.33 Å². The summed E-state index contributed by atoms with van der Waals surface area (Å²) in [6, 6.07) is 10.0. The third-order valence-electron chi connectivity index (χ3n) is 2.80. The Bertz CT molecular complexity index is 725. The van der Waals surface area contributed by atoms with Gasteiger partial charge in [0.25, 0.3) is 0 Å². The highest BCUT2D eigenvalue weighted by Gasteiger charge is 2.09. The first-order chi connectivity index (χ1) is 9.26. The van der Waals surface area contributed by atoms with Gasteiger partial charge in [0.15, 0.2) is 0 Å². The molecule has 0 aliphatic carbocycles. The van der Waals surface area contributed by atoms with Gasteiger partial charge in [-0.05, 0) is 28.1 Å². The summed E-state index contributed by atoms with van der Waals surface area (Å²) >= 11 is 3.23. The minimum atomic E-state index is 0.569. The van der Waals surface area contributed by atoms with E-state index in [9.17, 15) is 0 Å². The van der Waals surface area contributed by atoms with Gasteiger partial charge in [0, 0.05) is 10.9 Å². The third-order valence-corrected chi connectivity index (χ3v) is 3.16. The lowest BCUT2D eigenvalue weighted by atomic mass is 10.1. The van der Waals surface area contributed by atoms with Crippen LogP contribution in [-0.2, 0) is 6.54 Å². The van der Waals surface area contributed by atoms with E-state index in [1.54, 1.807) is 18.1 Å². The molecule has 0 aliphatic rings. The minimum absolute atomic E-state index is 0.569. The molecule has 0 fully saturated rings. The number of rotatable bonds is 3. The van der Waals surface area contributed by atoms with Crippen molar-refractivity contribution in [3.63, 3.8) is 0 Å². The van der Waals surface area contributed by atoms with E-state index in [4.69, 9.17) is 4.74 Å². The molecular formula is C13H11BrN4O. The fourth-order valence-corrected chi connectivity index (χ4v) is 2.25. The highest BCUT2D eigenvalue weighted by atomic mass is 79.9. The first kappa shape index (κ1) is 12.1. The molecule has 96 valence electrons. The van der Waals surface area contributed by atoms with Crippen molar-refractivity contribution in [1.29, 1.82) is 0 Å². The zero-order valence-corrected chi connectivity index (χ0v) is 11.8. The van der Waals surface area contributed by atoms with Crippen molar-refractivity contribution in [2.24, 2.45) is 0 Å². The average molecular weight is 319 g/mol. The van der Waals surface area contributed by atoms with Crippen molar-refractivity contribution < 1.29 is 4.74 Å². The van der Waals surface area contributed by atoms with E-state index in [0.717, 1.165) is 16.5 Å². The lowest BCUT2D eigenvalue weighted by molar-refractivity contribution is 0.392. The number of ether oxygens (including phenoxy) is 1. The number of halogens is 1. The molecule has 0 bridgehead atoms. The van der Waals surface area contributed by atoms with Crippen LogP contribution in [0.15, 0.2) is 41.4 Å². The molecule has 0 aliphatic heterocycles. The number of hydrogen-bond acceptors (Lipinski definition) is 4. The number of hydrogen-bond donors (Lipinski definition) is 0. The molecule has 0 N–H and O–H groups in total. The number of methoxy groups -OCH3 is 1. The van der Waals surface area contributed by atoms with E-state index in [1.165, 1.54) is 0 Å². The summed E-state index contributed by atoms with van der Waals surface area (Å²) in [6.45, 7) is 0.569. The van der Waals surface area contributed by atoms with E-state index in [-0.39, 0.29) is 0 Å². The van der Waals surface area contributed by atoms with Crippen molar-refractivity contribution in [1.82, 2.24) is 19.7 Å². The van der Waals surface area contributed by atoms with Crippen molar-refractivity contribution >= 4 is 26.8 Å². The van der Waals surface area contributed by atoms with Crippen LogP contribution in [0.4, 0.5) is 0 Å². The Morgan fingerprint density at radius 2 is 2.16 bits per heavy atom. The molecular weight excluding hydrogens is 308 g/mol. The van der Waals surface area contributed by atoms with Gasteiger partial charge >= 0.3 is 0 Å². The molecule has 19 heavy (non-hydrogen) atoms. The zero-order valence-electron chi connectivity index (χ0n) is 10.2. The zero-order chi connectivity index (χ0) is 13.2. The summed E-state index contributed by atoms with van der Waals surface area (Å²) in [5.41, 5.74) is 1.89. The molecule has 0 unspecified atom stereocenters. The molecule has 0 radical (unpaired) electrons. The number of pyridine rings is 1. The van der Waals surface area contributed by atoms with E-state index < -0.39 is 0 Å². The standard InChI is InChI=1S/C13H11BrN4O/c1-19-12-10(7-18-8-15-13(14)17-18)6-9-4-2-3-5-11(9)16-12/h2-6,8H,7H2,1H3. The van der Waals surface area contributed by atoms with Crippen LogP contribution in [0.2, 0.25) is 0 Å². The van der Waals surface area contributed by atoms with E-state index in [1.807, 2.05) is 24.3 Å². The Hall–Kier alpha value is -1.95. The summed E-state index contributed by atoms with van der Waals surface area (Å²) in [7, 11) is 1.62. The Balaban J connectivity index is 2.05. The van der Waals surface area contributed by atoms with Gasteiger partial charge in [-0.25, -0.2) is 14.6 Å². The van der Waals surface area contributed by atoms with Gasteiger partial charge in [-0.1, -0.05) is 18.2 Å². The van der Waals surface area contributed by atoms with Crippen molar-refractivity contribution in [2.45, 2.75) is 6.54 Å². The Morgan fingerprint density at radius 3 is 2.89 bits per heavy atom. The molecule has 2 aromatic heterocycles. The van der Waals surface area contributed by atoms with Crippen LogP contribution >= 0.6 is 15.9 Å². The molecule has 6 heteroatoms. The lowest BCUT2D eigenvalue weighted by Gasteiger charge is -2.09. The maximum absolute atomic E-state index is 5.35. The van der Waals surface area contributed by atoms with Gasteiger partial charge in [-0.2, -0.15) is 0 Å². The maximum Gasteiger partial charge on any atom is 0.218 e. The van der Waals surface area contributed by atoms with Crippen molar-refractivity contribution in [3.05, 3.63) is 47.0 Å². The Kier molecular flexibility index (Phi) is 3.16. The van der Waals surface area contributed by atoms with Gasteiger partial charge in [-0.15, -0.1) is 5.10 Å². The monoisotopic (exact) mass is 318 g/mol. The highest BCUT2D eigenvalue weighted by molar-refractivity contribution is 9.10. The third kappa shape index (κ3) is 2.44. The summed E-state index contributed by atoms with van der Waals surface area (Å²) in [5, 5.41) is 5.28. The molecule has 3 aromatic rings. The SMILES string of the molecule is COc1nc2ccccc2cc1Cn1cnc(Br)n1. The number of fused-ring (bicyclic) bond motifs is 1. The summed E-state index contributed by atoms with van der Waals surface area (Å²) in [6.07, 6.45) is 1.67. The summed E-state index contributed by atoms with van der Waals surface area (Å²) in [5.74, 6) is 0.616. The Morgan fingerprint density at radius 1 is 1.32 bits per heavy atom. The molecule has 0 atom stereocenters. The molecule has 2 heterocycles. The maximum atomic E-state index is 5.35. The fraction of sp³-hybridized carbons (Fsp3) is 0.154. The smallest absolute Gasteiger partial charge is 0.218 e. The lowest BCUT2D eigenvalue weighted by Crippen LogP contribution is -2.04. The van der Waals surface area contributed by atoms with Crippen LogP contribution in [0.5, 0.6) is 5.88 Å². The second-order valence-electron chi connectivity index (χ2n) is 4.06. The first-order valence-electron chi connectivity index (χ1n) is 5.74. The number of nitrogens with zero attached hydrogens (tertiary/aromatic N) is 4. The van der Waals surface area contributed by atoms with Crippen LogP contribution in [-0.4, -0.2) is 26.9 Å². The van der Waals surface area contributed by atoms with E-state index in [0.29, 0.717) is 17.2 Å². The van der Waals surface area contributed by atoms with E-state index in [2.05, 4.69) is 37.1 Å². The molecule has 0 saturated carbocycles. The van der Waals surface area contributed by atoms with Crippen LogP contribution in [0.25, 0.3) is 10.9 Å². The molecule has 0 saturated heterocycles. The predicted molar refractivity (Wildman–Crippen MR) is 75.1 cm³/mol. The fourth-order valence-electron chi connectivity index (χ4n) is 1.95. The second-order valence-corrected chi connectivity index (χ2v) is 4.77. The van der Waals surface area contributed by atoms with Gasteiger partial charge in [0.2, 0.25) is 10.6 Å². The Labute approximate surface area is 118 Å². The van der Waals surface area contributed by atoms with Crippen LogP contribution in [0, 0.1) is 0 Å². The van der Waals surface area contributed by atoms with Crippen molar-refractivity contribution in [3.8, 4) is 5.88 Å². The van der Waals surface area contributed by atoms with Gasteiger partial charge < -0.3 is 4.74 Å². The van der Waals surface area contributed by atoms with Gasteiger partial charge in [0.05, 0.1) is 19.2 Å². The van der Waals surface area contributed by atoms with Crippen molar-refractivity contribution in [2.75, 3.05) is 7.11 Å². The second kappa shape index (κ2) is 4.97. The normalized spacial score (nSPS) is 10.8. The summed E-state index contributed by atoms with van der Waals surface area (Å²) < 4.78 is 7.65. The number of para-hydroxylation sites is 1. The molecule has 0 spiro atoms. The molecule has 3 rings (SSSR count). The number of aromatic nitrogens is 4. The largest absolute Gasteiger partial charge is 0.481 e. The quantitative estimate of drug-likeness (QED) is 0.745. The highest BCUT2D eigenvalue weighted by Crippen LogP contribution is 2.22. The first-order valence-corrected chi connectivity index (χ1v) is 6.53. The topological polar surface area (TPSA) is 52.8 Å². The van der Waals surface area contributed by atoms with Gasteiger partial charge in [-0.3, -0.25) is 0 Å². The van der Waals surface area contributed by atoms with Crippen LogP contribution in [0.3, 0.4) is 0 Å². The average Bonchev–Trinajstić information content (AvgIpc) is 2.83. The molecule has 5 nitrogen and oxygen atoms in total. The summed E-state index contributed by atoms with van der Waals surface area (Å²) in [4.78, 5) is 8.54.